The summed E-state index contributed by atoms with van der Waals surface area (Å²) in [5.74, 6) is 0.614. The highest BCUT2D eigenvalue weighted by molar-refractivity contribution is 5.87. The van der Waals surface area contributed by atoms with Crippen molar-refractivity contribution in [3.8, 4) is 0 Å². The van der Waals surface area contributed by atoms with Crippen LogP contribution in [-0.4, -0.2) is 29.3 Å². The van der Waals surface area contributed by atoms with Gasteiger partial charge in [-0.05, 0) is 42.0 Å². The Morgan fingerprint density at radius 1 is 1.20 bits per heavy atom. The molecule has 0 aliphatic carbocycles. The van der Waals surface area contributed by atoms with Crippen LogP contribution in [0.25, 0.3) is 5.57 Å². The van der Waals surface area contributed by atoms with E-state index in [2.05, 4.69) is 11.6 Å². The molecule has 1 N–H and O–H groups in total. The van der Waals surface area contributed by atoms with Crippen molar-refractivity contribution < 1.29 is 14.6 Å². The summed E-state index contributed by atoms with van der Waals surface area (Å²) in [6.07, 6.45) is 2.37. The number of hydrogen-bond donors (Lipinski definition) is 1. The van der Waals surface area contributed by atoms with E-state index in [-0.39, 0.29) is 13.2 Å². The third kappa shape index (κ3) is 4.06. The molecule has 0 saturated heterocycles. The molecule has 2 aromatic rings. The number of fused-ring (bicyclic) bond motifs is 1. The average Bonchev–Trinajstić information content (AvgIpc) is 2.88. The summed E-state index contributed by atoms with van der Waals surface area (Å²) in [7, 11) is 0. The van der Waals surface area contributed by atoms with Crippen molar-refractivity contribution >= 4 is 17.5 Å². The highest BCUT2D eigenvalue weighted by Gasteiger charge is 2.24. The summed E-state index contributed by atoms with van der Waals surface area (Å²) < 4.78 is 5.48. The molecule has 0 fully saturated rings. The Bertz CT molecular complexity index is 759. The molecule has 25 heavy (non-hydrogen) atoms. The van der Waals surface area contributed by atoms with E-state index in [1.807, 2.05) is 42.5 Å². The molecule has 0 spiro atoms. The lowest BCUT2D eigenvalue weighted by molar-refractivity contribution is 0.147. The van der Waals surface area contributed by atoms with Crippen molar-refractivity contribution in [2.24, 2.45) is 0 Å². The minimum absolute atomic E-state index is 0.162. The smallest absolute Gasteiger partial charge is 0.415 e. The highest BCUT2D eigenvalue weighted by atomic mass is 16.6. The molecular weight excluding hydrogens is 316 g/mol. The van der Waals surface area contributed by atoms with Gasteiger partial charge in [-0.15, -0.1) is 0 Å². The number of aryl methyl sites for hydroxylation is 1. The summed E-state index contributed by atoms with van der Waals surface area (Å²) in [5, 5.41) is 9.29. The Hall–Kier alpha value is -2.66. The van der Waals surface area contributed by atoms with Crippen molar-refractivity contribution in [3.63, 3.8) is 0 Å². The summed E-state index contributed by atoms with van der Waals surface area (Å²) in [4.78, 5) is 18.8. The van der Waals surface area contributed by atoms with Gasteiger partial charge in [0.15, 0.2) is 0 Å². The standard InChI is InChI=1S/C20H22N2O3/c1-15(13-23)18-11-10-17-9-5-6-12-22(19(17)21-18)20(24)25-14-16-7-3-2-4-8-16/h2-4,7-8,10-11,23H,1,5-6,9,12-14H2. The van der Waals surface area contributed by atoms with Gasteiger partial charge in [-0.2, -0.15) is 0 Å². The third-order valence-electron chi connectivity index (χ3n) is 4.27. The number of amides is 1. The first kappa shape index (κ1) is 17.2. The van der Waals surface area contributed by atoms with E-state index in [4.69, 9.17) is 4.74 Å². The molecule has 0 unspecified atom stereocenters. The maximum absolute atomic E-state index is 12.6. The number of benzene rings is 1. The minimum Gasteiger partial charge on any atom is -0.444 e. The number of hydrogen-bond acceptors (Lipinski definition) is 4. The minimum atomic E-state index is -0.397. The molecule has 0 saturated carbocycles. The maximum atomic E-state index is 12.6. The molecule has 1 aliphatic rings. The van der Waals surface area contributed by atoms with Crippen molar-refractivity contribution in [2.45, 2.75) is 25.9 Å². The molecule has 3 rings (SSSR count). The zero-order valence-corrected chi connectivity index (χ0v) is 14.1. The molecule has 5 heteroatoms. The lowest BCUT2D eigenvalue weighted by Gasteiger charge is -2.22. The topological polar surface area (TPSA) is 62.7 Å². The number of pyridine rings is 1. The van der Waals surface area contributed by atoms with E-state index < -0.39 is 6.09 Å². The number of aliphatic hydroxyl groups is 1. The summed E-state index contributed by atoms with van der Waals surface area (Å²) in [6.45, 7) is 4.45. The van der Waals surface area contributed by atoms with Gasteiger partial charge in [0.1, 0.15) is 12.4 Å². The molecule has 1 aromatic carbocycles. The number of rotatable bonds is 4. The fourth-order valence-corrected chi connectivity index (χ4v) is 2.85. The lowest BCUT2D eigenvalue weighted by Crippen LogP contribution is -2.33. The van der Waals surface area contributed by atoms with Crippen molar-refractivity contribution in [1.29, 1.82) is 0 Å². The van der Waals surface area contributed by atoms with Crippen molar-refractivity contribution in [2.75, 3.05) is 18.1 Å². The number of carbonyl (C=O) groups excluding carboxylic acids is 1. The Labute approximate surface area is 147 Å². The van der Waals surface area contributed by atoms with E-state index in [9.17, 15) is 9.90 Å². The van der Waals surface area contributed by atoms with E-state index in [0.29, 0.717) is 23.6 Å². The second-order valence-corrected chi connectivity index (χ2v) is 6.09. The normalized spacial score (nSPS) is 13.7. The number of nitrogens with zero attached hydrogens (tertiary/aromatic N) is 2. The molecule has 130 valence electrons. The Morgan fingerprint density at radius 2 is 2.00 bits per heavy atom. The van der Waals surface area contributed by atoms with Crippen LogP contribution in [0.3, 0.4) is 0 Å². The molecule has 2 heterocycles. The number of carbonyl (C=O) groups is 1. The number of aromatic nitrogens is 1. The Morgan fingerprint density at radius 3 is 2.76 bits per heavy atom. The molecular formula is C20H22N2O3. The zero-order chi connectivity index (χ0) is 17.6. The van der Waals surface area contributed by atoms with Gasteiger partial charge in [-0.25, -0.2) is 9.78 Å². The first-order valence-corrected chi connectivity index (χ1v) is 8.46. The van der Waals surface area contributed by atoms with E-state index in [1.54, 1.807) is 4.90 Å². The van der Waals surface area contributed by atoms with Gasteiger partial charge in [-0.1, -0.05) is 43.0 Å². The number of aliphatic hydroxyl groups excluding tert-OH is 1. The predicted molar refractivity (Wildman–Crippen MR) is 97.3 cm³/mol. The van der Waals surface area contributed by atoms with Gasteiger partial charge in [0, 0.05) is 6.54 Å². The summed E-state index contributed by atoms with van der Waals surface area (Å²) in [5.41, 5.74) is 3.10. The fourth-order valence-electron chi connectivity index (χ4n) is 2.85. The number of ether oxygens (including phenoxy) is 1. The van der Waals surface area contributed by atoms with Gasteiger partial charge >= 0.3 is 6.09 Å². The SMILES string of the molecule is C=C(CO)c1ccc2c(n1)N(C(=O)OCc1ccccc1)CCCC2. The van der Waals surface area contributed by atoms with Crippen LogP contribution in [0.5, 0.6) is 0 Å². The van der Waals surface area contributed by atoms with Gasteiger partial charge in [0.25, 0.3) is 0 Å². The van der Waals surface area contributed by atoms with Crippen molar-refractivity contribution in [3.05, 3.63) is 65.9 Å². The molecule has 1 amide bonds. The van der Waals surface area contributed by atoms with Crippen LogP contribution in [0.1, 0.15) is 29.7 Å². The predicted octanol–water partition coefficient (Wildman–Crippen LogP) is 3.57. The Kier molecular flexibility index (Phi) is 5.46. The van der Waals surface area contributed by atoms with Gasteiger partial charge in [0.2, 0.25) is 0 Å². The van der Waals surface area contributed by atoms with Crippen molar-refractivity contribution in [1.82, 2.24) is 4.98 Å². The van der Waals surface area contributed by atoms with Crippen LogP contribution >= 0.6 is 0 Å². The second kappa shape index (κ2) is 7.94. The molecule has 5 nitrogen and oxygen atoms in total. The van der Waals surface area contributed by atoms with E-state index in [0.717, 1.165) is 30.4 Å². The molecule has 0 bridgehead atoms. The van der Waals surface area contributed by atoms with E-state index in [1.165, 1.54) is 0 Å². The third-order valence-corrected chi connectivity index (χ3v) is 4.27. The van der Waals surface area contributed by atoms with Gasteiger partial charge in [0.05, 0.1) is 12.3 Å². The van der Waals surface area contributed by atoms with Crippen LogP contribution < -0.4 is 4.90 Å². The Balaban J connectivity index is 1.81. The average molecular weight is 338 g/mol. The monoisotopic (exact) mass is 338 g/mol. The van der Waals surface area contributed by atoms with E-state index >= 15 is 0 Å². The lowest BCUT2D eigenvalue weighted by atomic mass is 10.1. The van der Waals surface area contributed by atoms with Crippen LogP contribution in [0, 0.1) is 0 Å². The molecule has 0 radical (unpaired) electrons. The maximum Gasteiger partial charge on any atom is 0.415 e. The highest BCUT2D eigenvalue weighted by Crippen LogP contribution is 2.27. The fraction of sp³-hybridized carbons (Fsp3) is 0.300. The van der Waals surface area contributed by atoms with Crippen LogP contribution in [0.2, 0.25) is 0 Å². The van der Waals surface area contributed by atoms with Crippen LogP contribution in [0.4, 0.5) is 10.6 Å². The van der Waals surface area contributed by atoms with Gasteiger partial charge in [-0.3, -0.25) is 4.90 Å². The number of anilines is 1. The molecule has 1 aromatic heterocycles. The quantitative estimate of drug-likeness (QED) is 0.926. The summed E-state index contributed by atoms with van der Waals surface area (Å²) >= 11 is 0. The van der Waals surface area contributed by atoms with Gasteiger partial charge < -0.3 is 9.84 Å². The summed E-state index contributed by atoms with van der Waals surface area (Å²) in [6, 6.07) is 13.4. The molecule has 1 aliphatic heterocycles. The first-order chi connectivity index (χ1) is 12.2. The van der Waals surface area contributed by atoms with Crippen LogP contribution in [-0.2, 0) is 17.8 Å². The molecule has 0 atom stereocenters. The second-order valence-electron chi connectivity index (χ2n) is 6.09. The largest absolute Gasteiger partial charge is 0.444 e. The first-order valence-electron chi connectivity index (χ1n) is 8.46. The van der Waals surface area contributed by atoms with Crippen LogP contribution in [0.15, 0.2) is 49.0 Å². The zero-order valence-electron chi connectivity index (χ0n) is 14.1.